The summed E-state index contributed by atoms with van der Waals surface area (Å²) in [7, 11) is 0. The minimum atomic E-state index is 0.769. The first-order valence-corrected chi connectivity index (χ1v) is 4.79. The Kier molecular flexibility index (Phi) is 1.96. The van der Waals surface area contributed by atoms with Gasteiger partial charge in [0.15, 0.2) is 0 Å². The van der Waals surface area contributed by atoms with Crippen LogP contribution in [0.5, 0.6) is 0 Å². The number of nitrogens with zero attached hydrogens (tertiary/aromatic N) is 1. The summed E-state index contributed by atoms with van der Waals surface area (Å²) >= 11 is 3.45. The number of aromatic nitrogens is 1. The van der Waals surface area contributed by atoms with Gasteiger partial charge in [-0.3, -0.25) is 4.98 Å². The highest BCUT2D eigenvalue weighted by Gasteiger charge is 2.02. The van der Waals surface area contributed by atoms with Gasteiger partial charge in [0.05, 0.1) is 5.52 Å². The van der Waals surface area contributed by atoms with Gasteiger partial charge in [0.1, 0.15) is 0 Å². The second-order valence-electron chi connectivity index (χ2n) is 2.99. The van der Waals surface area contributed by atoms with Crippen LogP contribution in [0.4, 0.5) is 5.69 Å². The number of hydrogen-bond donors (Lipinski definition) is 1. The van der Waals surface area contributed by atoms with Gasteiger partial charge in [0.25, 0.3) is 0 Å². The van der Waals surface area contributed by atoms with Crippen molar-refractivity contribution in [2.24, 2.45) is 0 Å². The second kappa shape index (κ2) is 3.00. The lowest BCUT2D eigenvalue weighted by Crippen LogP contribution is -1.90. The number of halogens is 1. The number of rotatable bonds is 0. The molecule has 0 aliphatic heterocycles. The van der Waals surface area contributed by atoms with Crippen LogP contribution in [0.3, 0.4) is 0 Å². The van der Waals surface area contributed by atoms with Gasteiger partial charge in [-0.05, 0) is 47.1 Å². The van der Waals surface area contributed by atoms with Crippen molar-refractivity contribution in [1.82, 2.24) is 4.98 Å². The van der Waals surface area contributed by atoms with E-state index in [1.165, 1.54) is 0 Å². The first-order chi connectivity index (χ1) is 6.18. The van der Waals surface area contributed by atoms with Crippen molar-refractivity contribution in [3.05, 3.63) is 34.4 Å². The van der Waals surface area contributed by atoms with E-state index in [0.717, 1.165) is 26.8 Å². The molecule has 0 saturated heterocycles. The molecule has 2 aromatic rings. The molecule has 0 saturated carbocycles. The normalized spacial score (nSPS) is 10.6. The Morgan fingerprint density at radius 2 is 2.00 bits per heavy atom. The van der Waals surface area contributed by atoms with Gasteiger partial charge < -0.3 is 5.73 Å². The standard InChI is InChI=1S/C10H9BrN2/c1-6-2-3-7-9(12)5-4-8(11)10(7)13-6/h2-5H,12H2,1H3. The van der Waals surface area contributed by atoms with Crippen molar-refractivity contribution in [3.8, 4) is 0 Å². The molecule has 1 aromatic heterocycles. The minimum absolute atomic E-state index is 0.769. The van der Waals surface area contributed by atoms with Crippen LogP contribution in [-0.4, -0.2) is 4.98 Å². The molecule has 2 nitrogen and oxygen atoms in total. The van der Waals surface area contributed by atoms with Gasteiger partial charge in [-0.2, -0.15) is 0 Å². The number of fused-ring (bicyclic) bond motifs is 1. The van der Waals surface area contributed by atoms with Crippen molar-refractivity contribution in [1.29, 1.82) is 0 Å². The van der Waals surface area contributed by atoms with E-state index in [0.29, 0.717) is 0 Å². The van der Waals surface area contributed by atoms with Gasteiger partial charge in [-0.25, -0.2) is 0 Å². The summed E-state index contributed by atoms with van der Waals surface area (Å²) in [5.74, 6) is 0. The van der Waals surface area contributed by atoms with Gasteiger partial charge in [0, 0.05) is 21.2 Å². The van der Waals surface area contributed by atoms with Crippen LogP contribution in [0.1, 0.15) is 5.69 Å². The second-order valence-corrected chi connectivity index (χ2v) is 3.84. The third-order valence-corrected chi connectivity index (χ3v) is 2.62. The SMILES string of the molecule is Cc1ccc2c(N)ccc(Br)c2n1. The number of hydrogen-bond acceptors (Lipinski definition) is 2. The molecule has 3 heteroatoms. The van der Waals surface area contributed by atoms with Crippen molar-refractivity contribution in [3.63, 3.8) is 0 Å². The molecular formula is C10H9BrN2. The molecule has 66 valence electrons. The van der Waals surface area contributed by atoms with E-state index in [4.69, 9.17) is 5.73 Å². The molecular weight excluding hydrogens is 228 g/mol. The smallest absolute Gasteiger partial charge is 0.0867 e. The highest BCUT2D eigenvalue weighted by atomic mass is 79.9. The van der Waals surface area contributed by atoms with E-state index in [1.807, 2.05) is 31.2 Å². The molecule has 2 N–H and O–H groups in total. The fourth-order valence-electron chi connectivity index (χ4n) is 1.30. The predicted octanol–water partition coefficient (Wildman–Crippen LogP) is 2.89. The summed E-state index contributed by atoms with van der Waals surface area (Å²) in [4.78, 5) is 4.41. The van der Waals surface area contributed by atoms with Crippen LogP contribution in [0, 0.1) is 6.92 Å². The quantitative estimate of drug-likeness (QED) is 0.715. The van der Waals surface area contributed by atoms with E-state index < -0.39 is 0 Å². The molecule has 13 heavy (non-hydrogen) atoms. The van der Waals surface area contributed by atoms with Crippen molar-refractivity contribution >= 4 is 32.5 Å². The van der Waals surface area contributed by atoms with E-state index in [9.17, 15) is 0 Å². The Labute approximate surface area is 84.9 Å². The van der Waals surface area contributed by atoms with Crippen LogP contribution in [0.2, 0.25) is 0 Å². The predicted molar refractivity (Wildman–Crippen MR) is 58.6 cm³/mol. The fraction of sp³-hybridized carbons (Fsp3) is 0.100. The van der Waals surface area contributed by atoms with Gasteiger partial charge in [0.2, 0.25) is 0 Å². The largest absolute Gasteiger partial charge is 0.398 e. The molecule has 0 aliphatic carbocycles. The van der Waals surface area contributed by atoms with Crippen LogP contribution in [0.15, 0.2) is 28.7 Å². The Morgan fingerprint density at radius 3 is 2.77 bits per heavy atom. The van der Waals surface area contributed by atoms with E-state index in [2.05, 4.69) is 20.9 Å². The summed E-state index contributed by atoms with van der Waals surface area (Å²) in [6.07, 6.45) is 0. The lowest BCUT2D eigenvalue weighted by Gasteiger charge is -2.03. The highest BCUT2D eigenvalue weighted by Crippen LogP contribution is 2.26. The Bertz CT molecular complexity index is 466. The molecule has 0 radical (unpaired) electrons. The van der Waals surface area contributed by atoms with Gasteiger partial charge >= 0.3 is 0 Å². The molecule has 0 unspecified atom stereocenters. The number of benzene rings is 1. The summed E-state index contributed by atoms with van der Waals surface area (Å²) in [6.45, 7) is 1.97. The maximum absolute atomic E-state index is 5.81. The zero-order valence-corrected chi connectivity index (χ0v) is 8.80. The average molecular weight is 237 g/mol. The number of nitrogens with two attached hydrogens (primary N) is 1. The monoisotopic (exact) mass is 236 g/mol. The van der Waals surface area contributed by atoms with Crippen molar-refractivity contribution in [2.75, 3.05) is 5.73 Å². The van der Waals surface area contributed by atoms with Crippen LogP contribution in [0.25, 0.3) is 10.9 Å². The molecule has 0 atom stereocenters. The molecule has 0 aliphatic rings. The molecule has 0 fully saturated rings. The highest BCUT2D eigenvalue weighted by molar-refractivity contribution is 9.10. The zero-order chi connectivity index (χ0) is 9.42. The molecule has 0 spiro atoms. The third-order valence-electron chi connectivity index (χ3n) is 1.98. The first kappa shape index (κ1) is 8.51. The molecule has 1 aromatic carbocycles. The minimum Gasteiger partial charge on any atom is -0.398 e. The summed E-state index contributed by atoms with van der Waals surface area (Å²) in [5, 5.41) is 1.000. The summed E-state index contributed by atoms with van der Waals surface area (Å²) in [6, 6.07) is 7.76. The lowest BCUT2D eigenvalue weighted by atomic mass is 10.2. The molecule has 0 bridgehead atoms. The molecule has 0 amide bonds. The fourth-order valence-corrected chi connectivity index (χ4v) is 1.74. The Balaban J connectivity index is 2.92. The topological polar surface area (TPSA) is 38.9 Å². The Hall–Kier alpha value is -1.09. The molecule has 1 heterocycles. The summed E-state index contributed by atoms with van der Waals surface area (Å²) in [5.41, 5.74) is 8.51. The first-order valence-electron chi connectivity index (χ1n) is 4.00. The van der Waals surface area contributed by atoms with Crippen molar-refractivity contribution < 1.29 is 0 Å². The van der Waals surface area contributed by atoms with E-state index >= 15 is 0 Å². The molecule has 2 rings (SSSR count). The number of nitrogen functional groups attached to an aromatic ring is 1. The van der Waals surface area contributed by atoms with Crippen molar-refractivity contribution in [2.45, 2.75) is 6.92 Å². The van der Waals surface area contributed by atoms with E-state index in [1.54, 1.807) is 0 Å². The average Bonchev–Trinajstić information content (AvgIpc) is 2.12. The maximum atomic E-state index is 5.81. The van der Waals surface area contributed by atoms with Crippen LogP contribution >= 0.6 is 15.9 Å². The van der Waals surface area contributed by atoms with E-state index in [-0.39, 0.29) is 0 Å². The van der Waals surface area contributed by atoms with Gasteiger partial charge in [-0.15, -0.1) is 0 Å². The van der Waals surface area contributed by atoms with Crippen LogP contribution < -0.4 is 5.73 Å². The maximum Gasteiger partial charge on any atom is 0.0867 e. The van der Waals surface area contributed by atoms with Gasteiger partial charge in [-0.1, -0.05) is 0 Å². The summed E-state index contributed by atoms with van der Waals surface area (Å²) < 4.78 is 0.986. The number of pyridine rings is 1. The Morgan fingerprint density at radius 1 is 1.23 bits per heavy atom. The van der Waals surface area contributed by atoms with Crippen LogP contribution in [-0.2, 0) is 0 Å². The number of anilines is 1. The lowest BCUT2D eigenvalue weighted by molar-refractivity contribution is 1.25. The zero-order valence-electron chi connectivity index (χ0n) is 7.21. The number of aryl methyl sites for hydroxylation is 1. The third kappa shape index (κ3) is 1.40.